The lowest BCUT2D eigenvalue weighted by Crippen LogP contribution is -2.32. The standard InChI is InChI=1S/C23H21N3O/c1-16-15-18-8-3-5-11-21(18)26(16)22-19(9-6-13-24-22)23(27)25-14-12-17-7-2-4-10-20(17)25/h2-11,13,16H,12,14-15H2,1H3. The van der Waals surface area contributed by atoms with Gasteiger partial charge in [-0.15, -0.1) is 0 Å². The highest BCUT2D eigenvalue weighted by Gasteiger charge is 2.33. The molecule has 0 saturated heterocycles. The second-order valence-corrected chi connectivity index (χ2v) is 7.26. The molecule has 4 heteroatoms. The molecule has 0 spiro atoms. The first-order valence-electron chi connectivity index (χ1n) is 9.46. The van der Waals surface area contributed by atoms with Crippen LogP contribution in [-0.4, -0.2) is 23.5 Å². The first-order valence-corrected chi connectivity index (χ1v) is 9.46. The van der Waals surface area contributed by atoms with E-state index < -0.39 is 0 Å². The molecule has 2 aliphatic rings. The number of aromatic nitrogens is 1. The van der Waals surface area contributed by atoms with E-state index in [-0.39, 0.29) is 11.9 Å². The Balaban J connectivity index is 1.57. The van der Waals surface area contributed by atoms with E-state index in [0.29, 0.717) is 5.56 Å². The molecule has 1 aromatic heterocycles. The Morgan fingerprint density at radius 1 is 0.963 bits per heavy atom. The summed E-state index contributed by atoms with van der Waals surface area (Å²) >= 11 is 0. The van der Waals surface area contributed by atoms with Gasteiger partial charge in [0.15, 0.2) is 0 Å². The van der Waals surface area contributed by atoms with Crippen LogP contribution in [0.15, 0.2) is 66.9 Å². The maximum absolute atomic E-state index is 13.5. The molecule has 0 fully saturated rings. The largest absolute Gasteiger partial charge is 0.322 e. The number of anilines is 3. The summed E-state index contributed by atoms with van der Waals surface area (Å²) in [6.45, 7) is 2.91. The third kappa shape index (κ3) is 2.52. The van der Waals surface area contributed by atoms with Crippen molar-refractivity contribution in [3.05, 3.63) is 83.6 Å². The first-order chi connectivity index (χ1) is 13.2. The van der Waals surface area contributed by atoms with Gasteiger partial charge in [0, 0.05) is 30.2 Å². The monoisotopic (exact) mass is 355 g/mol. The number of hydrogen-bond donors (Lipinski definition) is 0. The van der Waals surface area contributed by atoms with Crippen LogP contribution < -0.4 is 9.80 Å². The van der Waals surface area contributed by atoms with Crippen LogP contribution in [-0.2, 0) is 12.8 Å². The molecule has 1 amide bonds. The van der Waals surface area contributed by atoms with Gasteiger partial charge in [0.2, 0.25) is 0 Å². The SMILES string of the molecule is CC1Cc2ccccc2N1c1ncccc1C(=O)N1CCc2ccccc21. The molecule has 0 aliphatic carbocycles. The summed E-state index contributed by atoms with van der Waals surface area (Å²) in [4.78, 5) is 22.2. The van der Waals surface area contributed by atoms with Crippen LogP contribution in [0.5, 0.6) is 0 Å². The van der Waals surface area contributed by atoms with Crippen molar-refractivity contribution < 1.29 is 4.79 Å². The van der Waals surface area contributed by atoms with E-state index in [2.05, 4.69) is 41.1 Å². The van der Waals surface area contributed by atoms with E-state index in [1.54, 1.807) is 6.20 Å². The van der Waals surface area contributed by atoms with E-state index in [1.165, 1.54) is 11.1 Å². The van der Waals surface area contributed by atoms with E-state index in [1.807, 2.05) is 41.3 Å². The van der Waals surface area contributed by atoms with Crippen LogP contribution in [0.2, 0.25) is 0 Å². The highest BCUT2D eigenvalue weighted by Crippen LogP contribution is 2.39. The molecule has 5 rings (SSSR count). The number of carbonyl (C=O) groups excluding carboxylic acids is 1. The summed E-state index contributed by atoms with van der Waals surface area (Å²) in [6, 6.07) is 20.6. The number of fused-ring (bicyclic) bond motifs is 2. The van der Waals surface area contributed by atoms with Crippen molar-refractivity contribution in [3.8, 4) is 0 Å². The fraction of sp³-hybridized carbons (Fsp3) is 0.217. The predicted molar refractivity (Wildman–Crippen MR) is 108 cm³/mol. The molecule has 1 unspecified atom stereocenters. The second kappa shape index (κ2) is 6.23. The van der Waals surface area contributed by atoms with E-state index in [9.17, 15) is 4.79 Å². The average molecular weight is 355 g/mol. The van der Waals surface area contributed by atoms with Crippen molar-refractivity contribution in [2.45, 2.75) is 25.8 Å². The summed E-state index contributed by atoms with van der Waals surface area (Å²) in [5, 5.41) is 0. The summed E-state index contributed by atoms with van der Waals surface area (Å²) in [5.74, 6) is 0.781. The van der Waals surface area contributed by atoms with E-state index in [0.717, 1.165) is 36.6 Å². The Morgan fingerprint density at radius 2 is 1.70 bits per heavy atom. The number of pyridine rings is 1. The van der Waals surface area contributed by atoms with Crippen molar-refractivity contribution in [1.82, 2.24) is 4.98 Å². The van der Waals surface area contributed by atoms with Gasteiger partial charge in [0.1, 0.15) is 5.82 Å². The van der Waals surface area contributed by atoms with E-state index in [4.69, 9.17) is 0 Å². The molecular formula is C23H21N3O. The molecule has 2 aromatic carbocycles. The number of hydrogen-bond acceptors (Lipinski definition) is 3. The highest BCUT2D eigenvalue weighted by molar-refractivity contribution is 6.10. The minimum absolute atomic E-state index is 0.0274. The van der Waals surface area contributed by atoms with Crippen molar-refractivity contribution in [3.63, 3.8) is 0 Å². The molecule has 3 heterocycles. The Kier molecular flexibility index (Phi) is 3.71. The van der Waals surface area contributed by atoms with Gasteiger partial charge in [0.25, 0.3) is 5.91 Å². The Hall–Kier alpha value is -3.14. The van der Waals surface area contributed by atoms with Crippen molar-refractivity contribution in [1.29, 1.82) is 0 Å². The Morgan fingerprint density at radius 3 is 2.56 bits per heavy atom. The van der Waals surface area contributed by atoms with Gasteiger partial charge in [-0.05, 0) is 55.2 Å². The molecule has 0 bridgehead atoms. The smallest absolute Gasteiger partial charge is 0.262 e. The topological polar surface area (TPSA) is 36.4 Å². The van der Waals surface area contributed by atoms with Gasteiger partial charge >= 0.3 is 0 Å². The van der Waals surface area contributed by atoms with Gasteiger partial charge in [-0.25, -0.2) is 4.98 Å². The third-order valence-corrected chi connectivity index (χ3v) is 5.58. The summed E-state index contributed by atoms with van der Waals surface area (Å²) in [5.41, 5.74) is 5.38. The molecule has 4 nitrogen and oxygen atoms in total. The van der Waals surface area contributed by atoms with Crippen LogP contribution in [0.25, 0.3) is 0 Å². The van der Waals surface area contributed by atoms with Crippen molar-refractivity contribution in [2.24, 2.45) is 0 Å². The van der Waals surface area contributed by atoms with Gasteiger partial charge < -0.3 is 9.80 Å². The molecule has 3 aromatic rings. The summed E-state index contributed by atoms with van der Waals surface area (Å²) < 4.78 is 0. The normalized spacial score (nSPS) is 17.7. The van der Waals surface area contributed by atoms with Crippen LogP contribution in [0.1, 0.15) is 28.4 Å². The minimum atomic E-state index is 0.0274. The van der Waals surface area contributed by atoms with Crippen LogP contribution in [0.4, 0.5) is 17.2 Å². The fourth-order valence-corrected chi connectivity index (χ4v) is 4.34. The predicted octanol–water partition coefficient (Wildman–Crippen LogP) is 4.37. The lowest BCUT2D eigenvalue weighted by molar-refractivity contribution is 0.0989. The number of nitrogens with zero attached hydrogens (tertiary/aromatic N) is 3. The van der Waals surface area contributed by atoms with Crippen LogP contribution in [0, 0.1) is 0 Å². The molecule has 134 valence electrons. The lowest BCUT2D eigenvalue weighted by atomic mass is 10.1. The molecule has 0 radical (unpaired) electrons. The Labute approximate surface area is 159 Å². The number of amides is 1. The molecular weight excluding hydrogens is 334 g/mol. The second-order valence-electron chi connectivity index (χ2n) is 7.26. The molecule has 2 aliphatic heterocycles. The van der Waals surface area contributed by atoms with Crippen LogP contribution in [0.3, 0.4) is 0 Å². The Bertz CT molecular complexity index is 1030. The number of rotatable bonds is 2. The molecule has 0 N–H and O–H groups in total. The summed E-state index contributed by atoms with van der Waals surface area (Å²) in [7, 11) is 0. The van der Waals surface area contributed by atoms with Crippen molar-refractivity contribution in [2.75, 3.05) is 16.3 Å². The lowest BCUT2D eigenvalue weighted by Gasteiger charge is -2.27. The van der Waals surface area contributed by atoms with Gasteiger partial charge in [-0.2, -0.15) is 0 Å². The fourth-order valence-electron chi connectivity index (χ4n) is 4.34. The summed E-state index contributed by atoms with van der Waals surface area (Å²) in [6.07, 6.45) is 3.64. The maximum Gasteiger partial charge on any atom is 0.262 e. The third-order valence-electron chi connectivity index (χ3n) is 5.58. The number of para-hydroxylation sites is 2. The van der Waals surface area contributed by atoms with Gasteiger partial charge in [-0.1, -0.05) is 36.4 Å². The first kappa shape index (κ1) is 16.1. The van der Waals surface area contributed by atoms with Gasteiger partial charge in [0.05, 0.1) is 5.56 Å². The van der Waals surface area contributed by atoms with Gasteiger partial charge in [-0.3, -0.25) is 4.79 Å². The maximum atomic E-state index is 13.5. The quantitative estimate of drug-likeness (QED) is 0.685. The van der Waals surface area contributed by atoms with Crippen LogP contribution >= 0.6 is 0 Å². The zero-order chi connectivity index (χ0) is 18.4. The minimum Gasteiger partial charge on any atom is -0.322 e. The number of carbonyl (C=O) groups is 1. The molecule has 1 atom stereocenters. The number of benzene rings is 2. The highest BCUT2D eigenvalue weighted by atomic mass is 16.2. The average Bonchev–Trinajstić information content (AvgIpc) is 3.27. The zero-order valence-electron chi connectivity index (χ0n) is 15.3. The van der Waals surface area contributed by atoms with Crippen molar-refractivity contribution >= 4 is 23.1 Å². The molecule has 27 heavy (non-hydrogen) atoms. The molecule has 0 saturated carbocycles. The zero-order valence-corrected chi connectivity index (χ0v) is 15.3. The van der Waals surface area contributed by atoms with E-state index >= 15 is 0 Å².